The molecule has 1 aliphatic rings. The first-order valence-electron chi connectivity index (χ1n) is 12.7. The Morgan fingerprint density at radius 1 is 1.08 bits per heavy atom. The van der Waals surface area contributed by atoms with Crippen molar-refractivity contribution >= 4 is 29.8 Å². The summed E-state index contributed by atoms with van der Waals surface area (Å²) >= 11 is 0. The van der Waals surface area contributed by atoms with Gasteiger partial charge in [0.25, 0.3) is 0 Å². The number of anilines is 1. The Labute approximate surface area is 224 Å². The van der Waals surface area contributed by atoms with E-state index >= 15 is 0 Å². The maximum Gasteiger partial charge on any atom is 0.421 e. The van der Waals surface area contributed by atoms with E-state index in [0.717, 1.165) is 39.6 Å². The lowest BCUT2D eigenvalue weighted by atomic mass is 10.0. The minimum Gasteiger partial charge on any atom is -0.492 e. The van der Waals surface area contributed by atoms with Crippen molar-refractivity contribution < 1.29 is 23.8 Å². The number of nitrogens with one attached hydrogen (secondary N) is 1. The quantitative estimate of drug-likeness (QED) is 0.430. The van der Waals surface area contributed by atoms with Crippen molar-refractivity contribution in [1.82, 2.24) is 9.88 Å². The Balaban J connectivity index is 1.72. The van der Waals surface area contributed by atoms with Gasteiger partial charge in [-0.3, -0.25) is 4.99 Å². The zero-order chi connectivity index (χ0) is 27.9. The summed E-state index contributed by atoms with van der Waals surface area (Å²) in [6.45, 7) is 13.3. The van der Waals surface area contributed by atoms with Gasteiger partial charge in [-0.05, 0) is 65.7 Å². The molecule has 0 saturated carbocycles. The van der Waals surface area contributed by atoms with Gasteiger partial charge in [-0.25, -0.2) is 14.6 Å². The third-order valence-corrected chi connectivity index (χ3v) is 5.33. The molecule has 2 amide bonds. The highest BCUT2D eigenvalue weighted by molar-refractivity contribution is 5.89. The fourth-order valence-corrected chi connectivity index (χ4v) is 3.61. The van der Waals surface area contributed by atoms with Crippen LogP contribution in [0.2, 0.25) is 0 Å². The maximum atomic E-state index is 12.6. The molecule has 1 aromatic heterocycles. The predicted octanol–water partition coefficient (Wildman–Crippen LogP) is 6.23. The van der Waals surface area contributed by atoms with Crippen LogP contribution in [0.25, 0.3) is 5.57 Å². The summed E-state index contributed by atoms with van der Waals surface area (Å²) < 4.78 is 16.7. The highest BCUT2D eigenvalue weighted by Gasteiger charge is 2.30. The van der Waals surface area contributed by atoms with E-state index in [1.807, 2.05) is 25.1 Å². The molecule has 1 aromatic carbocycles. The number of benzene rings is 1. The first kappa shape index (κ1) is 28.7. The molecule has 0 spiro atoms. The highest BCUT2D eigenvalue weighted by Crippen LogP contribution is 2.37. The molecular formula is C29H38N4O5. The van der Waals surface area contributed by atoms with Crippen LogP contribution in [0.3, 0.4) is 0 Å². The summed E-state index contributed by atoms with van der Waals surface area (Å²) in [6.07, 6.45) is 4.25. The largest absolute Gasteiger partial charge is 0.492 e. The van der Waals surface area contributed by atoms with Crippen LogP contribution in [0.5, 0.6) is 5.75 Å². The maximum absolute atomic E-state index is 12.6. The summed E-state index contributed by atoms with van der Waals surface area (Å²) in [7, 11) is 0. The van der Waals surface area contributed by atoms with Crippen molar-refractivity contribution in [2.24, 2.45) is 4.99 Å². The second kappa shape index (κ2) is 12.1. The molecule has 204 valence electrons. The Hall–Kier alpha value is -3.88. The Kier molecular flexibility index (Phi) is 9.14. The molecule has 0 atom stereocenters. The number of aromatic nitrogens is 1. The van der Waals surface area contributed by atoms with Gasteiger partial charge in [0, 0.05) is 36.5 Å². The van der Waals surface area contributed by atoms with E-state index in [-0.39, 0.29) is 6.67 Å². The van der Waals surface area contributed by atoms with E-state index in [0.29, 0.717) is 13.2 Å². The number of fused-ring (bicyclic) bond motifs is 1. The first-order valence-corrected chi connectivity index (χ1v) is 12.7. The highest BCUT2D eigenvalue weighted by atomic mass is 16.6. The van der Waals surface area contributed by atoms with E-state index in [1.54, 1.807) is 60.0 Å². The molecule has 9 nitrogen and oxygen atoms in total. The number of hydrogen-bond donors (Lipinski definition) is 1. The SMILES string of the molecule is C/C(=C\C=N/CN(C(=O)OC(C)(C)C)C(=O)OC(C)(C)C)c1cnc(NCc2ccccc2)c2c1OCC2. The number of rotatable bonds is 7. The molecule has 1 aliphatic heterocycles. The zero-order valence-electron chi connectivity index (χ0n) is 23.3. The van der Waals surface area contributed by atoms with Gasteiger partial charge in [0.15, 0.2) is 0 Å². The van der Waals surface area contributed by atoms with Gasteiger partial charge >= 0.3 is 12.2 Å². The van der Waals surface area contributed by atoms with Gasteiger partial charge in [0.2, 0.25) is 0 Å². The number of carbonyl (C=O) groups is 2. The summed E-state index contributed by atoms with van der Waals surface area (Å²) in [5, 5.41) is 3.42. The van der Waals surface area contributed by atoms with Crippen LogP contribution in [0.4, 0.5) is 15.4 Å². The number of carbonyl (C=O) groups excluding carboxylic acids is 2. The molecule has 0 radical (unpaired) electrons. The van der Waals surface area contributed by atoms with Crippen LogP contribution in [-0.4, -0.2) is 52.8 Å². The van der Waals surface area contributed by atoms with Crippen LogP contribution in [0.1, 0.15) is 65.2 Å². The molecule has 9 heteroatoms. The number of imide groups is 1. The number of allylic oxidation sites excluding steroid dienone is 2. The molecule has 38 heavy (non-hydrogen) atoms. The number of pyridine rings is 1. The fraction of sp³-hybridized carbons (Fsp3) is 0.448. The van der Waals surface area contributed by atoms with Gasteiger partial charge < -0.3 is 19.5 Å². The average molecular weight is 523 g/mol. The van der Waals surface area contributed by atoms with Crippen molar-refractivity contribution in [1.29, 1.82) is 0 Å². The molecule has 0 unspecified atom stereocenters. The monoisotopic (exact) mass is 522 g/mol. The van der Waals surface area contributed by atoms with Crippen molar-refractivity contribution in [3.63, 3.8) is 0 Å². The smallest absolute Gasteiger partial charge is 0.421 e. The van der Waals surface area contributed by atoms with Crippen LogP contribution in [0.15, 0.2) is 47.6 Å². The lowest BCUT2D eigenvalue weighted by Gasteiger charge is -2.27. The second-order valence-corrected chi connectivity index (χ2v) is 11.0. The molecule has 3 rings (SSSR count). The van der Waals surface area contributed by atoms with Crippen molar-refractivity contribution in [2.75, 3.05) is 18.6 Å². The van der Waals surface area contributed by atoms with Gasteiger partial charge in [-0.2, -0.15) is 4.90 Å². The fourth-order valence-electron chi connectivity index (χ4n) is 3.61. The van der Waals surface area contributed by atoms with Gasteiger partial charge in [-0.1, -0.05) is 30.3 Å². The average Bonchev–Trinajstić information content (AvgIpc) is 3.31. The molecule has 0 fully saturated rings. The lowest BCUT2D eigenvalue weighted by Crippen LogP contribution is -2.43. The molecule has 1 N–H and O–H groups in total. The number of nitrogens with zero attached hydrogens (tertiary/aromatic N) is 3. The van der Waals surface area contributed by atoms with E-state index < -0.39 is 23.4 Å². The van der Waals surface area contributed by atoms with Crippen LogP contribution in [0, 0.1) is 0 Å². The minimum atomic E-state index is -0.821. The standard InChI is InChI=1S/C29H38N4O5/c1-20(13-15-30-19-33(26(34)37-28(2,3)4)27(35)38-29(5,6)7)23-18-32-25(22-14-16-36-24(22)23)31-17-21-11-9-8-10-12-21/h8-13,15,18H,14,16-17,19H2,1-7H3,(H,31,32)/b20-13+,30-15-. The topological polar surface area (TPSA) is 102 Å². The summed E-state index contributed by atoms with van der Waals surface area (Å²) in [6, 6.07) is 10.1. The van der Waals surface area contributed by atoms with Crippen LogP contribution >= 0.6 is 0 Å². The zero-order valence-corrected chi connectivity index (χ0v) is 23.3. The molecule has 2 aromatic rings. The number of amides is 2. The van der Waals surface area contributed by atoms with E-state index in [9.17, 15) is 9.59 Å². The summed E-state index contributed by atoms with van der Waals surface area (Å²) in [5.41, 5.74) is 2.43. The Morgan fingerprint density at radius 3 is 2.32 bits per heavy atom. The molecular weight excluding hydrogens is 484 g/mol. The van der Waals surface area contributed by atoms with Crippen molar-refractivity contribution in [3.05, 3.63) is 59.3 Å². The van der Waals surface area contributed by atoms with Crippen LogP contribution < -0.4 is 10.1 Å². The second-order valence-electron chi connectivity index (χ2n) is 11.0. The Bertz CT molecular complexity index is 1170. The van der Waals surface area contributed by atoms with Crippen molar-refractivity contribution in [2.45, 2.75) is 72.6 Å². The molecule has 0 aliphatic carbocycles. The minimum absolute atomic E-state index is 0.247. The normalized spacial score (nSPS) is 13.6. The molecule has 2 heterocycles. The third-order valence-electron chi connectivity index (χ3n) is 5.33. The van der Waals surface area contributed by atoms with Gasteiger partial charge in [-0.15, -0.1) is 0 Å². The van der Waals surface area contributed by atoms with E-state index in [1.165, 1.54) is 5.56 Å². The van der Waals surface area contributed by atoms with Gasteiger partial charge in [0.1, 0.15) is 29.4 Å². The van der Waals surface area contributed by atoms with Gasteiger partial charge in [0.05, 0.1) is 6.61 Å². The number of ether oxygens (including phenoxy) is 3. The molecule has 0 saturated heterocycles. The van der Waals surface area contributed by atoms with E-state index in [4.69, 9.17) is 14.2 Å². The predicted molar refractivity (Wildman–Crippen MR) is 149 cm³/mol. The van der Waals surface area contributed by atoms with Crippen LogP contribution in [-0.2, 0) is 22.4 Å². The third kappa shape index (κ3) is 8.33. The first-order chi connectivity index (χ1) is 17.8. The van der Waals surface area contributed by atoms with E-state index in [2.05, 4.69) is 27.4 Å². The number of hydrogen-bond acceptors (Lipinski definition) is 8. The summed E-state index contributed by atoms with van der Waals surface area (Å²) in [4.78, 5) is 35.0. The van der Waals surface area contributed by atoms with Crippen molar-refractivity contribution in [3.8, 4) is 5.75 Å². The molecule has 0 bridgehead atoms. The lowest BCUT2D eigenvalue weighted by molar-refractivity contribution is 0.00214. The number of aliphatic imine (C=N–C) groups is 1. The summed E-state index contributed by atoms with van der Waals surface area (Å²) in [5.74, 6) is 1.62. The Morgan fingerprint density at radius 2 is 1.71 bits per heavy atom.